The number of hydrogen-bond acceptors (Lipinski definition) is 1. The molecule has 1 aliphatic carbocycles. The van der Waals surface area contributed by atoms with Gasteiger partial charge in [-0.1, -0.05) is 35.0 Å². The van der Waals surface area contributed by atoms with E-state index in [1.54, 1.807) is 0 Å². The fraction of sp³-hybridized carbons (Fsp3) is 0.400. The third-order valence-electron chi connectivity index (χ3n) is 4.02. The predicted molar refractivity (Wildman–Crippen MR) is 76.5 cm³/mol. The molecule has 0 N–H and O–H groups in total. The first-order valence-electron chi connectivity index (χ1n) is 6.36. The summed E-state index contributed by atoms with van der Waals surface area (Å²) in [5, 5.41) is 0. The molecule has 0 spiro atoms. The third-order valence-corrected chi connectivity index (χ3v) is 4.51. The Balaban J connectivity index is 2.11. The summed E-state index contributed by atoms with van der Waals surface area (Å²) in [4.78, 5) is 4.60. The van der Waals surface area contributed by atoms with Crippen molar-refractivity contribution in [2.24, 2.45) is 13.0 Å². The molecule has 0 radical (unpaired) electrons. The van der Waals surface area contributed by atoms with Crippen molar-refractivity contribution in [1.82, 2.24) is 9.55 Å². The van der Waals surface area contributed by atoms with Gasteiger partial charge in [0, 0.05) is 23.9 Å². The molecule has 0 unspecified atom stereocenters. The van der Waals surface area contributed by atoms with Crippen molar-refractivity contribution in [3.63, 3.8) is 0 Å². The highest BCUT2D eigenvalue weighted by molar-refractivity contribution is 9.10. The Kier molecular flexibility index (Phi) is 2.81. The van der Waals surface area contributed by atoms with E-state index in [2.05, 4.69) is 63.7 Å². The van der Waals surface area contributed by atoms with Gasteiger partial charge < -0.3 is 4.57 Å². The van der Waals surface area contributed by atoms with E-state index >= 15 is 0 Å². The summed E-state index contributed by atoms with van der Waals surface area (Å²) in [6.07, 6.45) is 6.32. The fourth-order valence-corrected chi connectivity index (χ4v) is 3.69. The molecule has 1 fully saturated rings. The first kappa shape index (κ1) is 12.0. The molecule has 3 heteroatoms. The van der Waals surface area contributed by atoms with Gasteiger partial charge in [0.05, 0.1) is 5.41 Å². The summed E-state index contributed by atoms with van der Waals surface area (Å²) in [6, 6.07) is 8.66. The Morgan fingerprint density at radius 1 is 1.39 bits per heavy atom. The maximum atomic E-state index is 4.60. The standard InChI is InChI=1S/C15H17BrN2/c1-11-9-15(10-11,14-17-6-7-18(14)2)12-4-3-5-13(16)8-12/h3-8,11H,9-10H2,1-2H3/t11-,15+. The minimum atomic E-state index is 0.113. The average molecular weight is 305 g/mol. The van der Waals surface area contributed by atoms with Gasteiger partial charge in [-0.25, -0.2) is 4.98 Å². The molecule has 18 heavy (non-hydrogen) atoms. The van der Waals surface area contributed by atoms with Gasteiger partial charge in [0.25, 0.3) is 0 Å². The van der Waals surface area contributed by atoms with Crippen molar-refractivity contribution in [3.8, 4) is 0 Å². The molecule has 2 aromatic rings. The van der Waals surface area contributed by atoms with Crippen LogP contribution in [0.15, 0.2) is 41.1 Å². The number of imidazole rings is 1. The molecule has 0 amide bonds. The van der Waals surface area contributed by atoms with Crippen LogP contribution in [0.5, 0.6) is 0 Å². The number of hydrogen-bond donors (Lipinski definition) is 0. The van der Waals surface area contributed by atoms with Gasteiger partial charge in [-0.05, 0) is 36.5 Å². The Bertz CT molecular complexity index is 567. The monoisotopic (exact) mass is 304 g/mol. The van der Waals surface area contributed by atoms with E-state index in [9.17, 15) is 0 Å². The highest BCUT2D eigenvalue weighted by Gasteiger charge is 2.47. The van der Waals surface area contributed by atoms with E-state index < -0.39 is 0 Å². The van der Waals surface area contributed by atoms with Crippen LogP contribution in [0, 0.1) is 5.92 Å². The van der Waals surface area contributed by atoms with Crippen LogP contribution in [0.3, 0.4) is 0 Å². The number of aromatic nitrogens is 2. The summed E-state index contributed by atoms with van der Waals surface area (Å²) in [5.74, 6) is 1.97. The van der Waals surface area contributed by atoms with E-state index in [1.165, 1.54) is 24.2 Å². The largest absolute Gasteiger partial charge is 0.337 e. The number of halogens is 1. The Morgan fingerprint density at radius 3 is 2.72 bits per heavy atom. The van der Waals surface area contributed by atoms with E-state index in [0.29, 0.717) is 0 Å². The molecule has 1 saturated carbocycles. The molecule has 0 saturated heterocycles. The SMILES string of the molecule is Cn1ccnc1[C@]1(c2cccc(Br)c2)C[C@H](C)C1. The minimum Gasteiger partial charge on any atom is -0.337 e. The first-order valence-corrected chi connectivity index (χ1v) is 7.15. The number of benzene rings is 1. The van der Waals surface area contributed by atoms with Crippen LogP contribution in [-0.4, -0.2) is 9.55 Å². The predicted octanol–water partition coefficient (Wildman–Crippen LogP) is 3.90. The second kappa shape index (κ2) is 4.23. The zero-order chi connectivity index (χ0) is 12.8. The highest BCUT2D eigenvalue weighted by atomic mass is 79.9. The van der Waals surface area contributed by atoms with Crippen LogP contribution < -0.4 is 0 Å². The van der Waals surface area contributed by atoms with Crippen LogP contribution >= 0.6 is 15.9 Å². The van der Waals surface area contributed by atoms with Crippen LogP contribution in [0.1, 0.15) is 31.2 Å². The summed E-state index contributed by atoms with van der Waals surface area (Å²) in [5.41, 5.74) is 1.49. The lowest BCUT2D eigenvalue weighted by Crippen LogP contribution is -2.43. The third kappa shape index (κ3) is 1.72. The van der Waals surface area contributed by atoms with E-state index in [1.807, 2.05) is 12.4 Å². The molecule has 1 aliphatic rings. The van der Waals surface area contributed by atoms with Crippen molar-refractivity contribution in [3.05, 3.63) is 52.5 Å². The van der Waals surface area contributed by atoms with Crippen molar-refractivity contribution < 1.29 is 0 Å². The van der Waals surface area contributed by atoms with E-state index in [4.69, 9.17) is 0 Å². The quantitative estimate of drug-likeness (QED) is 0.823. The molecule has 1 aromatic heterocycles. The second-order valence-electron chi connectivity index (χ2n) is 5.47. The van der Waals surface area contributed by atoms with Crippen molar-refractivity contribution in [2.45, 2.75) is 25.2 Å². The second-order valence-corrected chi connectivity index (χ2v) is 6.38. The zero-order valence-electron chi connectivity index (χ0n) is 10.7. The molecule has 0 aliphatic heterocycles. The molecular formula is C15H17BrN2. The summed E-state index contributed by atoms with van der Waals surface area (Å²) < 4.78 is 3.31. The van der Waals surface area contributed by atoms with Crippen molar-refractivity contribution >= 4 is 15.9 Å². The van der Waals surface area contributed by atoms with Crippen LogP contribution in [0.4, 0.5) is 0 Å². The van der Waals surface area contributed by atoms with Gasteiger partial charge >= 0.3 is 0 Å². The number of aryl methyl sites for hydroxylation is 1. The molecule has 2 nitrogen and oxygen atoms in total. The Hall–Kier alpha value is -1.09. The van der Waals surface area contributed by atoms with Gasteiger partial charge in [-0.3, -0.25) is 0 Å². The van der Waals surface area contributed by atoms with E-state index in [0.717, 1.165) is 10.4 Å². The topological polar surface area (TPSA) is 17.8 Å². The smallest absolute Gasteiger partial charge is 0.119 e. The molecule has 1 aromatic carbocycles. The summed E-state index contributed by atoms with van der Waals surface area (Å²) in [6.45, 7) is 2.32. The lowest BCUT2D eigenvalue weighted by molar-refractivity contribution is 0.186. The molecule has 3 rings (SSSR count). The Morgan fingerprint density at radius 2 is 2.17 bits per heavy atom. The minimum absolute atomic E-state index is 0.113. The van der Waals surface area contributed by atoms with Gasteiger partial charge in [0.15, 0.2) is 0 Å². The normalized spacial score (nSPS) is 26.9. The van der Waals surface area contributed by atoms with Crippen molar-refractivity contribution in [2.75, 3.05) is 0 Å². The van der Waals surface area contributed by atoms with Gasteiger partial charge in [-0.2, -0.15) is 0 Å². The van der Waals surface area contributed by atoms with Crippen LogP contribution in [0.25, 0.3) is 0 Å². The lowest BCUT2D eigenvalue weighted by Gasteiger charge is -2.46. The van der Waals surface area contributed by atoms with Crippen LogP contribution in [-0.2, 0) is 12.5 Å². The lowest BCUT2D eigenvalue weighted by atomic mass is 9.58. The van der Waals surface area contributed by atoms with Gasteiger partial charge in [0.1, 0.15) is 5.82 Å². The van der Waals surface area contributed by atoms with Gasteiger partial charge in [-0.15, -0.1) is 0 Å². The van der Waals surface area contributed by atoms with Crippen LogP contribution in [0.2, 0.25) is 0 Å². The number of rotatable bonds is 2. The average Bonchev–Trinajstić information content (AvgIpc) is 2.71. The fourth-order valence-electron chi connectivity index (χ4n) is 3.29. The van der Waals surface area contributed by atoms with Crippen molar-refractivity contribution in [1.29, 1.82) is 0 Å². The maximum absolute atomic E-state index is 4.60. The maximum Gasteiger partial charge on any atom is 0.119 e. The van der Waals surface area contributed by atoms with E-state index in [-0.39, 0.29) is 5.41 Å². The summed E-state index contributed by atoms with van der Waals surface area (Å²) >= 11 is 3.58. The highest BCUT2D eigenvalue weighted by Crippen LogP contribution is 2.51. The Labute approximate surface area is 116 Å². The summed E-state index contributed by atoms with van der Waals surface area (Å²) in [7, 11) is 2.09. The molecular weight excluding hydrogens is 288 g/mol. The molecule has 0 atom stereocenters. The molecule has 1 heterocycles. The van der Waals surface area contributed by atoms with Gasteiger partial charge in [0.2, 0.25) is 0 Å². The number of nitrogens with zero attached hydrogens (tertiary/aromatic N) is 2. The molecule has 94 valence electrons. The first-order chi connectivity index (χ1) is 8.62. The molecule has 0 bridgehead atoms. The zero-order valence-corrected chi connectivity index (χ0v) is 12.3.